The number of para-hydroxylation sites is 2. The Kier molecular flexibility index (Phi) is 16.4. The molecule has 0 unspecified atom stereocenters. The normalized spacial score (nSPS) is 24.3. The summed E-state index contributed by atoms with van der Waals surface area (Å²) in [7, 11) is 3.26. The highest BCUT2D eigenvalue weighted by Crippen LogP contribution is 2.27. The van der Waals surface area contributed by atoms with Gasteiger partial charge in [0.05, 0.1) is 35.4 Å². The molecule has 2 aliphatic rings. The Morgan fingerprint density at radius 3 is 1.27 bits per heavy atom. The first-order chi connectivity index (χ1) is 28.7. The van der Waals surface area contributed by atoms with Gasteiger partial charge in [0.25, 0.3) is 11.8 Å². The van der Waals surface area contributed by atoms with Crippen molar-refractivity contribution in [1.82, 2.24) is 20.4 Å². The third-order valence-electron chi connectivity index (χ3n) is 10.6. The van der Waals surface area contributed by atoms with Gasteiger partial charge in [0, 0.05) is 37.0 Å². The van der Waals surface area contributed by atoms with Crippen LogP contribution in [0.4, 0.5) is 0 Å². The van der Waals surface area contributed by atoms with Crippen LogP contribution in [0.15, 0.2) is 121 Å². The molecule has 316 valence electrons. The molecule has 4 amide bonds. The molecule has 0 spiro atoms. The van der Waals surface area contributed by atoms with Crippen LogP contribution >= 0.6 is 23.2 Å². The van der Waals surface area contributed by atoms with Gasteiger partial charge in [-0.25, -0.2) is 0 Å². The SMILES string of the molecule is C[C@@H]1C/C=C/C[C@H](c2cccc(Cl)c2)NC(=O)[C@H](C)N(C)C(=O)c2ccccc2O1.C[C@@H]1C/C=C\C[C@H](c2cccc(Cl)c2)NC(=O)[C@H](C)N(C)C(=O)c2ccccc2O1. The van der Waals surface area contributed by atoms with Crippen LogP contribution in [-0.4, -0.2) is 71.8 Å². The van der Waals surface area contributed by atoms with E-state index in [1.54, 1.807) is 76.5 Å². The molecule has 6 atom stereocenters. The smallest absolute Gasteiger partial charge is 0.258 e. The van der Waals surface area contributed by atoms with E-state index in [0.29, 0.717) is 58.4 Å². The summed E-state index contributed by atoms with van der Waals surface area (Å²) in [6.07, 6.45) is 10.6. The number of carbonyl (C=O) groups is 4. The van der Waals surface area contributed by atoms with Crippen molar-refractivity contribution in [2.75, 3.05) is 14.1 Å². The van der Waals surface area contributed by atoms with Crippen LogP contribution in [0.3, 0.4) is 0 Å². The van der Waals surface area contributed by atoms with E-state index in [-0.39, 0.29) is 47.9 Å². The van der Waals surface area contributed by atoms with Gasteiger partial charge in [-0.15, -0.1) is 0 Å². The Balaban J connectivity index is 0.000000228. The number of carbonyl (C=O) groups excluding carboxylic acids is 4. The number of hydrogen-bond acceptors (Lipinski definition) is 6. The van der Waals surface area contributed by atoms with E-state index in [1.165, 1.54) is 9.80 Å². The fourth-order valence-corrected chi connectivity index (χ4v) is 7.13. The van der Waals surface area contributed by atoms with Gasteiger partial charge < -0.3 is 29.9 Å². The summed E-state index contributed by atoms with van der Waals surface area (Å²) in [5.41, 5.74) is 2.73. The lowest BCUT2D eigenvalue weighted by Crippen LogP contribution is -2.47. The summed E-state index contributed by atoms with van der Waals surface area (Å²) < 4.78 is 12.1. The number of nitrogens with zero attached hydrogens (tertiary/aromatic N) is 2. The second kappa shape index (κ2) is 21.6. The predicted octanol–water partition coefficient (Wildman–Crippen LogP) is 9.55. The monoisotopic (exact) mass is 852 g/mol. The standard InChI is InChI=1S/2C24H27ClN2O3/c2*1-16-9-4-6-13-21(18-10-8-11-19(25)15-18)26-23(28)17(2)27(3)24(29)20-12-5-7-14-22(20)30-16/h2*4-8,10-12,14-17,21H,9,13H2,1-3H3,(H,26,28)/b6-4+;6-4-/t2*16-,17+,21-/m11/s1. The lowest BCUT2D eigenvalue weighted by molar-refractivity contribution is -0.126. The molecule has 60 heavy (non-hydrogen) atoms. The molecule has 0 saturated carbocycles. The number of amides is 4. The van der Waals surface area contributed by atoms with Gasteiger partial charge in [-0.05, 0) is 100 Å². The molecular weight excluding hydrogens is 799 g/mol. The molecule has 0 fully saturated rings. The van der Waals surface area contributed by atoms with Crippen molar-refractivity contribution in [3.63, 3.8) is 0 Å². The second-order valence-corrected chi connectivity index (χ2v) is 16.0. The van der Waals surface area contributed by atoms with Crippen LogP contribution in [0, 0.1) is 0 Å². The molecule has 4 aromatic carbocycles. The van der Waals surface area contributed by atoms with E-state index < -0.39 is 12.1 Å². The summed E-state index contributed by atoms with van der Waals surface area (Å²) in [5.74, 6) is 0.0780. The molecule has 2 heterocycles. The third kappa shape index (κ3) is 12.2. The number of nitrogens with one attached hydrogen (secondary N) is 2. The molecule has 12 heteroatoms. The van der Waals surface area contributed by atoms with E-state index in [4.69, 9.17) is 32.7 Å². The number of halogens is 2. The van der Waals surface area contributed by atoms with Gasteiger partial charge in [-0.3, -0.25) is 19.2 Å². The zero-order valence-corrected chi connectivity index (χ0v) is 36.5. The summed E-state index contributed by atoms with van der Waals surface area (Å²) in [6.45, 7) is 7.38. The Morgan fingerprint density at radius 2 is 0.883 bits per heavy atom. The minimum absolute atomic E-state index is 0.0971. The summed E-state index contributed by atoms with van der Waals surface area (Å²) in [5, 5.41) is 7.38. The van der Waals surface area contributed by atoms with Crippen molar-refractivity contribution in [2.24, 2.45) is 0 Å². The molecule has 6 rings (SSSR count). The van der Waals surface area contributed by atoms with E-state index in [9.17, 15) is 19.2 Å². The fourth-order valence-electron chi connectivity index (χ4n) is 6.73. The molecule has 0 bridgehead atoms. The van der Waals surface area contributed by atoms with Crippen molar-refractivity contribution >= 4 is 46.8 Å². The Morgan fingerprint density at radius 1 is 0.517 bits per heavy atom. The number of benzene rings is 4. The molecule has 0 aliphatic carbocycles. The highest BCUT2D eigenvalue weighted by atomic mass is 35.5. The van der Waals surface area contributed by atoms with Gasteiger partial charge in [0.1, 0.15) is 23.6 Å². The van der Waals surface area contributed by atoms with Crippen molar-refractivity contribution < 1.29 is 28.7 Å². The number of fused-ring (bicyclic) bond motifs is 2. The molecule has 10 nitrogen and oxygen atoms in total. The van der Waals surface area contributed by atoms with Gasteiger partial charge in [-0.2, -0.15) is 0 Å². The summed E-state index contributed by atoms with van der Waals surface area (Å²) in [6, 6.07) is 27.4. The first kappa shape index (κ1) is 45.5. The van der Waals surface area contributed by atoms with E-state index in [2.05, 4.69) is 10.6 Å². The average Bonchev–Trinajstić information content (AvgIpc) is 3.24. The minimum atomic E-state index is -0.656. The predicted molar refractivity (Wildman–Crippen MR) is 238 cm³/mol. The quantitative estimate of drug-likeness (QED) is 0.194. The van der Waals surface area contributed by atoms with Gasteiger partial charge in [0.15, 0.2) is 0 Å². The van der Waals surface area contributed by atoms with Gasteiger partial charge >= 0.3 is 0 Å². The maximum Gasteiger partial charge on any atom is 0.258 e. The number of hydrogen-bond donors (Lipinski definition) is 2. The Hall–Kier alpha value is -5.58. The first-order valence-electron chi connectivity index (χ1n) is 20.2. The lowest BCUT2D eigenvalue weighted by Gasteiger charge is -2.28. The molecule has 0 aromatic heterocycles. The third-order valence-corrected chi connectivity index (χ3v) is 11.1. The van der Waals surface area contributed by atoms with Crippen LogP contribution in [0.1, 0.15) is 97.3 Å². The fraction of sp³-hybridized carbons (Fsp3) is 0.333. The van der Waals surface area contributed by atoms with E-state index in [0.717, 1.165) is 11.1 Å². The molecule has 0 radical (unpaired) electrons. The van der Waals surface area contributed by atoms with Crippen LogP contribution in [0.2, 0.25) is 10.0 Å². The number of ether oxygens (including phenoxy) is 2. The molecular formula is C48H54Cl2N4O6. The Labute approximate surface area is 363 Å². The second-order valence-electron chi connectivity index (χ2n) is 15.2. The van der Waals surface area contributed by atoms with Crippen LogP contribution in [-0.2, 0) is 9.59 Å². The zero-order valence-electron chi connectivity index (χ0n) is 34.9. The van der Waals surface area contributed by atoms with Crippen LogP contribution < -0.4 is 20.1 Å². The van der Waals surface area contributed by atoms with Gasteiger partial charge in [-0.1, -0.05) is 96.0 Å². The van der Waals surface area contributed by atoms with Crippen molar-refractivity contribution in [3.8, 4) is 11.5 Å². The number of likely N-dealkylation sites (N-methyl/N-ethyl adjacent to an activating group) is 2. The highest BCUT2D eigenvalue weighted by Gasteiger charge is 2.29. The molecule has 2 N–H and O–H groups in total. The molecule has 0 saturated heterocycles. The van der Waals surface area contributed by atoms with Crippen LogP contribution in [0.25, 0.3) is 0 Å². The molecule has 4 aromatic rings. The maximum atomic E-state index is 13.1. The summed E-state index contributed by atoms with van der Waals surface area (Å²) in [4.78, 5) is 55.0. The van der Waals surface area contributed by atoms with E-state index in [1.807, 2.05) is 86.7 Å². The lowest BCUT2D eigenvalue weighted by atomic mass is 10.0. The van der Waals surface area contributed by atoms with Crippen molar-refractivity contribution in [2.45, 2.75) is 89.8 Å². The number of rotatable bonds is 2. The maximum absolute atomic E-state index is 13.1. The first-order valence-corrected chi connectivity index (χ1v) is 21.0. The highest BCUT2D eigenvalue weighted by molar-refractivity contribution is 6.30. The topological polar surface area (TPSA) is 117 Å². The largest absolute Gasteiger partial charge is 0.490 e. The zero-order chi connectivity index (χ0) is 43.3. The summed E-state index contributed by atoms with van der Waals surface area (Å²) >= 11 is 12.3. The minimum Gasteiger partial charge on any atom is -0.490 e. The Bertz CT molecular complexity index is 2040. The van der Waals surface area contributed by atoms with Crippen LogP contribution in [0.5, 0.6) is 11.5 Å². The average molecular weight is 854 g/mol. The molecule has 2 aliphatic heterocycles. The van der Waals surface area contributed by atoms with Crippen molar-refractivity contribution in [1.29, 1.82) is 0 Å². The van der Waals surface area contributed by atoms with Crippen molar-refractivity contribution in [3.05, 3.63) is 154 Å². The van der Waals surface area contributed by atoms with E-state index >= 15 is 0 Å². The van der Waals surface area contributed by atoms with Gasteiger partial charge in [0.2, 0.25) is 11.8 Å².